The van der Waals surface area contributed by atoms with Crippen LogP contribution in [0.15, 0.2) is 42.7 Å². The standard InChI is InChI=1S/C20H24BN3O6/c1-27-7-9-29-18-11-16-17(12-19(18)30-10-8-28-2)22-13-23-20(16)24-15-5-3-14(4-6-15)21(25)26/h3-6,11-13,25-26H,7-10H2,1-2H3,(H,22,23,24). The Bertz CT molecular complexity index is 955. The van der Waals surface area contributed by atoms with Crippen molar-refractivity contribution < 1.29 is 29.0 Å². The number of nitrogens with zero attached hydrogens (tertiary/aromatic N) is 2. The molecule has 0 saturated heterocycles. The van der Waals surface area contributed by atoms with Gasteiger partial charge in [0.1, 0.15) is 25.4 Å². The first kappa shape index (κ1) is 21.8. The third-order valence-corrected chi connectivity index (χ3v) is 4.26. The molecular formula is C20H24BN3O6. The van der Waals surface area contributed by atoms with Crippen molar-refractivity contribution in [2.45, 2.75) is 0 Å². The molecule has 1 aromatic heterocycles. The molecule has 0 bridgehead atoms. The van der Waals surface area contributed by atoms with Gasteiger partial charge in [-0.2, -0.15) is 0 Å². The van der Waals surface area contributed by atoms with Gasteiger partial charge in [0, 0.05) is 31.4 Å². The smallest absolute Gasteiger partial charge is 0.487 e. The molecule has 2 aromatic carbocycles. The first-order valence-corrected chi connectivity index (χ1v) is 9.37. The Morgan fingerprint density at radius 3 is 2.10 bits per heavy atom. The molecule has 0 unspecified atom stereocenters. The van der Waals surface area contributed by atoms with E-state index in [-0.39, 0.29) is 0 Å². The van der Waals surface area contributed by atoms with Crippen molar-refractivity contribution in [2.75, 3.05) is 46.0 Å². The Labute approximate surface area is 174 Å². The van der Waals surface area contributed by atoms with Crippen LogP contribution in [0.3, 0.4) is 0 Å². The zero-order chi connectivity index (χ0) is 21.3. The zero-order valence-electron chi connectivity index (χ0n) is 16.9. The summed E-state index contributed by atoms with van der Waals surface area (Å²) in [6.07, 6.45) is 1.46. The number of benzene rings is 2. The Kier molecular flexibility index (Phi) is 7.80. The van der Waals surface area contributed by atoms with E-state index in [1.807, 2.05) is 6.07 Å². The fourth-order valence-electron chi connectivity index (χ4n) is 2.73. The van der Waals surface area contributed by atoms with Crippen LogP contribution in [0.5, 0.6) is 11.5 Å². The average molecular weight is 413 g/mol. The van der Waals surface area contributed by atoms with Gasteiger partial charge < -0.3 is 34.3 Å². The highest BCUT2D eigenvalue weighted by molar-refractivity contribution is 6.58. The fourth-order valence-corrected chi connectivity index (χ4v) is 2.73. The largest absolute Gasteiger partial charge is 0.488 e. The van der Waals surface area contributed by atoms with E-state index in [1.165, 1.54) is 6.33 Å². The minimum absolute atomic E-state index is 0.365. The van der Waals surface area contributed by atoms with Gasteiger partial charge in [0.25, 0.3) is 0 Å². The van der Waals surface area contributed by atoms with Crippen LogP contribution in [-0.2, 0) is 9.47 Å². The molecule has 10 heteroatoms. The van der Waals surface area contributed by atoms with E-state index in [4.69, 9.17) is 18.9 Å². The van der Waals surface area contributed by atoms with E-state index in [9.17, 15) is 10.0 Å². The van der Waals surface area contributed by atoms with Gasteiger partial charge in [0.2, 0.25) is 0 Å². The summed E-state index contributed by atoms with van der Waals surface area (Å²) in [5.74, 6) is 1.69. The molecule has 1 heterocycles. The summed E-state index contributed by atoms with van der Waals surface area (Å²) in [4.78, 5) is 8.68. The highest BCUT2D eigenvalue weighted by atomic mass is 16.5. The number of anilines is 2. The number of fused-ring (bicyclic) bond motifs is 1. The van der Waals surface area contributed by atoms with Gasteiger partial charge in [-0.1, -0.05) is 12.1 Å². The molecule has 0 saturated carbocycles. The molecule has 0 radical (unpaired) electrons. The molecule has 3 N–H and O–H groups in total. The first-order chi connectivity index (χ1) is 14.6. The van der Waals surface area contributed by atoms with Gasteiger partial charge in [-0.25, -0.2) is 9.97 Å². The molecule has 9 nitrogen and oxygen atoms in total. The molecule has 30 heavy (non-hydrogen) atoms. The van der Waals surface area contributed by atoms with Crippen LogP contribution >= 0.6 is 0 Å². The second-order valence-electron chi connectivity index (χ2n) is 6.34. The van der Waals surface area contributed by atoms with Gasteiger partial charge in [-0.15, -0.1) is 0 Å². The topological polar surface area (TPSA) is 115 Å². The molecule has 0 spiro atoms. The summed E-state index contributed by atoms with van der Waals surface area (Å²) in [6, 6.07) is 10.3. The molecule has 0 amide bonds. The van der Waals surface area contributed by atoms with E-state index in [0.29, 0.717) is 54.7 Å². The van der Waals surface area contributed by atoms with Crippen LogP contribution in [0.4, 0.5) is 11.5 Å². The summed E-state index contributed by atoms with van der Waals surface area (Å²) in [7, 11) is 1.71. The number of nitrogens with one attached hydrogen (secondary N) is 1. The maximum Gasteiger partial charge on any atom is 0.488 e. The maximum atomic E-state index is 9.24. The van der Waals surface area contributed by atoms with Crippen LogP contribution in [0, 0.1) is 0 Å². The predicted octanol–water partition coefficient (Wildman–Crippen LogP) is 1.10. The lowest BCUT2D eigenvalue weighted by atomic mass is 9.80. The SMILES string of the molecule is COCCOc1cc2ncnc(Nc3ccc(B(O)O)cc3)c2cc1OCCOC. The third kappa shape index (κ3) is 5.58. The Morgan fingerprint density at radius 1 is 0.867 bits per heavy atom. The Balaban J connectivity index is 1.91. The molecule has 3 aromatic rings. The second-order valence-corrected chi connectivity index (χ2v) is 6.34. The van der Waals surface area contributed by atoms with Crippen molar-refractivity contribution in [1.82, 2.24) is 9.97 Å². The van der Waals surface area contributed by atoms with E-state index in [1.54, 1.807) is 44.6 Å². The lowest BCUT2D eigenvalue weighted by molar-refractivity contribution is 0.132. The van der Waals surface area contributed by atoms with Crippen molar-refractivity contribution in [3.8, 4) is 11.5 Å². The molecule has 0 aliphatic carbocycles. The maximum absolute atomic E-state index is 9.24. The lowest BCUT2D eigenvalue weighted by Crippen LogP contribution is -2.29. The molecule has 0 atom stereocenters. The number of aromatic nitrogens is 2. The van der Waals surface area contributed by atoms with Crippen LogP contribution in [0.1, 0.15) is 0 Å². The predicted molar refractivity (Wildman–Crippen MR) is 114 cm³/mol. The van der Waals surface area contributed by atoms with Gasteiger partial charge in [0.15, 0.2) is 11.5 Å². The van der Waals surface area contributed by atoms with Crippen molar-refractivity contribution in [3.63, 3.8) is 0 Å². The molecular weight excluding hydrogens is 389 g/mol. The Morgan fingerprint density at radius 2 is 1.50 bits per heavy atom. The summed E-state index contributed by atoms with van der Waals surface area (Å²) < 4.78 is 21.7. The molecule has 0 aliphatic heterocycles. The van der Waals surface area contributed by atoms with Crippen molar-refractivity contribution in [2.24, 2.45) is 0 Å². The van der Waals surface area contributed by atoms with Gasteiger partial charge in [0.05, 0.1) is 18.7 Å². The van der Waals surface area contributed by atoms with E-state index >= 15 is 0 Å². The normalized spacial score (nSPS) is 10.8. The highest BCUT2D eigenvalue weighted by Gasteiger charge is 2.14. The molecule has 0 aliphatic rings. The summed E-state index contributed by atoms with van der Waals surface area (Å²) in [5, 5.41) is 22.5. The summed E-state index contributed by atoms with van der Waals surface area (Å²) in [6.45, 7) is 1.63. The minimum atomic E-state index is -1.51. The lowest BCUT2D eigenvalue weighted by Gasteiger charge is -2.15. The molecule has 158 valence electrons. The number of rotatable bonds is 11. The third-order valence-electron chi connectivity index (χ3n) is 4.26. The number of hydrogen-bond acceptors (Lipinski definition) is 9. The molecule has 3 rings (SSSR count). The van der Waals surface area contributed by atoms with Gasteiger partial charge in [-0.05, 0) is 23.7 Å². The summed E-state index contributed by atoms with van der Waals surface area (Å²) >= 11 is 0. The van der Waals surface area contributed by atoms with Gasteiger partial charge >= 0.3 is 7.12 Å². The molecule has 0 fully saturated rings. The monoisotopic (exact) mass is 413 g/mol. The van der Waals surface area contributed by atoms with E-state index in [2.05, 4.69) is 15.3 Å². The quantitative estimate of drug-likeness (QED) is 0.314. The second kappa shape index (κ2) is 10.7. The number of ether oxygens (including phenoxy) is 4. The summed E-state index contributed by atoms with van der Waals surface area (Å²) in [5.41, 5.74) is 1.82. The van der Waals surface area contributed by atoms with Crippen LogP contribution in [-0.4, -0.2) is 67.8 Å². The van der Waals surface area contributed by atoms with Crippen molar-refractivity contribution in [3.05, 3.63) is 42.7 Å². The Hall–Kier alpha value is -2.92. The van der Waals surface area contributed by atoms with E-state index < -0.39 is 7.12 Å². The highest BCUT2D eigenvalue weighted by Crippen LogP contribution is 2.35. The van der Waals surface area contributed by atoms with Crippen molar-refractivity contribution in [1.29, 1.82) is 0 Å². The fraction of sp³-hybridized carbons (Fsp3) is 0.300. The number of hydrogen-bond donors (Lipinski definition) is 3. The first-order valence-electron chi connectivity index (χ1n) is 9.37. The van der Waals surface area contributed by atoms with Crippen LogP contribution in [0.25, 0.3) is 10.9 Å². The van der Waals surface area contributed by atoms with Crippen molar-refractivity contribution >= 4 is 35.0 Å². The number of methoxy groups -OCH3 is 2. The van der Waals surface area contributed by atoms with Crippen LogP contribution in [0.2, 0.25) is 0 Å². The average Bonchev–Trinajstić information content (AvgIpc) is 2.75. The van der Waals surface area contributed by atoms with Crippen LogP contribution < -0.4 is 20.3 Å². The van der Waals surface area contributed by atoms with E-state index in [0.717, 1.165) is 11.1 Å². The van der Waals surface area contributed by atoms with Gasteiger partial charge in [-0.3, -0.25) is 0 Å². The minimum Gasteiger partial charge on any atom is -0.487 e. The zero-order valence-corrected chi connectivity index (χ0v) is 16.9.